The van der Waals surface area contributed by atoms with Crippen molar-refractivity contribution < 1.29 is 4.74 Å². The van der Waals surface area contributed by atoms with Gasteiger partial charge < -0.3 is 15.0 Å². The molecule has 102 valence electrons. The number of H-pyrrole nitrogens is 1. The Kier molecular flexibility index (Phi) is 4.58. The summed E-state index contributed by atoms with van der Waals surface area (Å²) in [6.45, 7) is 6.20. The van der Waals surface area contributed by atoms with E-state index in [0.29, 0.717) is 5.92 Å². The van der Waals surface area contributed by atoms with Crippen LogP contribution in [0.1, 0.15) is 19.5 Å². The van der Waals surface area contributed by atoms with Gasteiger partial charge in [-0.2, -0.15) is 0 Å². The lowest BCUT2D eigenvalue weighted by Gasteiger charge is -2.06. The van der Waals surface area contributed by atoms with Gasteiger partial charge in [-0.05, 0) is 24.6 Å². The van der Waals surface area contributed by atoms with Gasteiger partial charge in [-0.1, -0.05) is 26.0 Å². The number of ether oxygens (including phenoxy) is 1. The van der Waals surface area contributed by atoms with E-state index in [1.54, 1.807) is 7.11 Å². The molecule has 0 atom stereocenters. The zero-order valence-corrected chi connectivity index (χ0v) is 11.7. The van der Waals surface area contributed by atoms with Gasteiger partial charge >= 0.3 is 0 Å². The van der Waals surface area contributed by atoms with Crippen LogP contribution in [-0.4, -0.2) is 23.6 Å². The quantitative estimate of drug-likeness (QED) is 0.838. The van der Waals surface area contributed by atoms with Gasteiger partial charge in [0, 0.05) is 18.4 Å². The van der Waals surface area contributed by atoms with Crippen LogP contribution in [0.5, 0.6) is 5.75 Å². The van der Waals surface area contributed by atoms with Crippen molar-refractivity contribution in [3.8, 4) is 17.1 Å². The molecule has 4 nitrogen and oxygen atoms in total. The molecule has 0 saturated heterocycles. The summed E-state index contributed by atoms with van der Waals surface area (Å²) in [7, 11) is 1.67. The van der Waals surface area contributed by atoms with E-state index in [1.165, 1.54) is 0 Å². The van der Waals surface area contributed by atoms with Gasteiger partial charge in [0.25, 0.3) is 0 Å². The Balaban J connectivity index is 2.08. The van der Waals surface area contributed by atoms with Crippen molar-refractivity contribution in [3.05, 3.63) is 36.2 Å². The highest BCUT2D eigenvalue weighted by atomic mass is 16.5. The van der Waals surface area contributed by atoms with Gasteiger partial charge in [0.2, 0.25) is 0 Å². The van der Waals surface area contributed by atoms with Gasteiger partial charge in [-0.3, -0.25) is 0 Å². The van der Waals surface area contributed by atoms with E-state index in [1.807, 2.05) is 30.5 Å². The highest BCUT2D eigenvalue weighted by Crippen LogP contribution is 2.26. The number of aromatic amines is 1. The molecule has 4 heteroatoms. The first kappa shape index (κ1) is 13.6. The van der Waals surface area contributed by atoms with Gasteiger partial charge in [0.1, 0.15) is 11.6 Å². The maximum atomic E-state index is 5.35. The molecule has 0 aliphatic carbocycles. The number of hydrogen-bond donors (Lipinski definition) is 2. The summed E-state index contributed by atoms with van der Waals surface area (Å²) < 4.78 is 5.35. The average Bonchev–Trinajstić information content (AvgIpc) is 2.87. The molecule has 0 spiro atoms. The minimum absolute atomic E-state index is 0.650. The zero-order chi connectivity index (χ0) is 13.7. The summed E-state index contributed by atoms with van der Waals surface area (Å²) in [6, 6.07) is 7.88. The second kappa shape index (κ2) is 6.38. The van der Waals surface area contributed by atoms with E-state index in [2.05, 4.69) is 29.1 Å². The molecule has 1 aromatic carbocycles. The van der Waals surface area contributed by atoms with Crippen LogP contribution in [0.3, 0.4) is 0 Å². The molecule has 19 heavy (non-hydrogen) atoms. The van der Waals surface area contributed by atoms with Gasteiger partial charge in [0.15, 0.2) is 0 Å². The van der Waals surface area contributed by atoms with Crippen LogP contribution in [0.25, 0.3) is 11.4 Å². The lowest BCUT2D eigenvalue weighted by atomic mass is 10.2. The van der Waals surface area contributed by atoms with Crippen molar-refractivity contribution in [1.82, 2.24) is 15.3 Å². The van der Waals surface area contributed by atoms with E-state index in [-0.39, 0.29) is 0 Å². The molecular formula is C15H21N3O. The van der Waals surface area contributed by atoms with Crippen molar-refractivity contribution in [3.63, 3.8) is 0 Å². The fourth-order valence-electron chi connectivity index (χ4n) is 1.92. The number of hydrogen-bond acceptors (Lipinski definition) is 3. The largest absolute Gasteiger partial charge is 0.496 e. The topological polar surface area (TPSA) is 49.9 Å². The van der Waals surface area contributed by atoms with Crippen molar-refractivity contribution in [1.29, 1.82) is 0 Å². The Labute approximate surface area is 114 Å². The first-order chi connectivity index (χ1) is 9.20. The summed E-state index contributed by atoms with van der Waals surface area (Å²) in [4.78, 5) is 7.74. The molecule has 2 aromatic rings. The van der Waals surface area contributed by atoms with E-state index in [9.17, 15) is 0 Å². The highest BCUT2D eigenvalue weighted by molar-refractivity contribution is 5.64. The third-order valence-corrected chi connectivity index (χ3v) is 2.86. The molecule has 2 rings (SSSR count). The number of imidazole rings is 1. The third-order valence-electron chi connectivity index (χ3n) is 2.86. The number of aromatic nitrogens is 2. The van der Waals surface area contributed by atoms with Crippen LogP contribution in [0.4, 0.5) is 0 Å². The molecular weight excluding hydrogens is 238 g/mol. The predicted octanol–water partition coefficient (Wildman–Crippen LogP) is 2.83. The summed E-state index contributed by atoms with van der Waals surface area (Å²) in [6.07, 6.45) is 1.87. The van der Waals surface area contributed by atoms with Gasteiger partial charge in [-0.25, -0.2) is 4.98 Å². The minimum Gasteiger partial charge on any atom is -0.496 e. The Hall–Kier alpha value is -1.81. The molecule has 2 N–H and O–H groups in total. The first-order valence-corrected chi connectivity index (χ1v) is 6.58. The van der Waals surface area contributed by atoms with E-state index >= 15 is 0 Å². The second-order valence-electron chi connectivity index (χ2n) is 4.98. The number of nitrogens with zero attached hydrogens (tertiary/aromatic N) is 1. The van der Waals surface area contributed by atoms with Crippen LogP contribution in [-0.2, 0) is 6.54 Å². The maximum absolute atomic E-state index is 5.35. The van der Waals surface area contributed by atoms with Crippen molar-refractivity contribution in [2.45, 2.75) is 20.4 Å². The van der Waals surface area contributed by atoms with E-state index in [4.69, 9.17) is 4.74 Å². The highest BCUT2D eigenvalue weighted by Gasteiger charge is 2.08. The number of methoxy groups -OCH3 is 1. The summed E-state index contributed by atoms with van der Waals surface area (Å²) in [5.74, 6) is 2.33. The van der Waals surface area contributed by atoms with Crippen LogP contribution in [0, 0.1) is 5.92 Å². The fraction of sp³-hybridized carbons (Fsp3) is 0.400. The number of para-hydroxylation sites is 1. The Morgan fingerprint density at radius 3 is 2.84 bits per heavy atom. The predicted molar refractivity (Wildman–Crippen MR) is 77.1 cm³/mol. The Bertz CT molecular complexity index is 520. The molecule has 0 unspecified atom stereocenters. The Morgan fingerprint density at radius 1 is 1.32 bits per heavy atom. The smallest absolute Gasteiger partial charge is 0.141 e. The van der Waals surface area contributed by atoms with E-state index in [0.717, 1.165) is 35.9 Å². The van der Waals surface area contributed by atoms with Gasteiger partial charge in [0.05, 0.1) is 12.7 Å². The summed E-state index contributed by atoms with van der Waals surface area (Å²) in [5, 5.41) is 3.39. The van der Waals surface area contributed by atoms with Crippen LogP contribution in [0.15, 0.2) is 30.5 Å². The Morgan fingerprint density at radius 2 is 2.11 bits per heavy atom. The SMILES string of the molecule is COc1ccccc1-c1ncc(CNCC(C)C)[nH]1. The number of nitrogens with one attached hydrogen (secondary N) is 2. The monoisotopic (exact) mass is 259 g/mol. The number of benzene rings is 1. The average molecular weight is 259 g/mol. The first-order valence-electron chi connectivity index (χ1n) is 6.58. The molecule has 0 aliphatic heterocycles. The van der Waals surface area contributed by atoms with Crippen molar-refractivity contribution >= 4 is 0 Å². The standard InChI is InChI=1S/C15H21N3O/c1-11(2)8-16-9-12-10-17-15(18-12)13-6-4-5-7-14(13)19-3/h4-7,10-11,16H,8-9H2,1-3H3,(H,17,18). The minimum atomic E-state index is 0.650. The third kappa shape index (κ3) is 3.58. The zero-order valence-electron chi connectivity index (χ0n) is 11.7. The molecule has 0 aliphatic rings. The molecule has 1 heterocycles. The van der Waals surface area contributed by atoms with Gasteiger partial charge in [-0.15, -0.1) is 0 Å². The summed E-state index contributed by atoms with van der Waals surface area (Å²) in [5.41, 5.74) is 2.07. The van der Waals surface area contributed by atoms with Crippen LogP contribution >= 0.6 is 0 Å². The fourth-order valence-corrected chi connectivity index (χ4v) is 1.92. The molecule has 0 bridgehead atoms. The second-order valence-corrected chi connectivity index (χ2v) is 4.98. The molecule has 1 aromatic heterocycles. The van der Waals surface area contributed by atoms with E-state index < -0.39 is 0 Å². The lowest BCUT2D eigenvalue weighted by molar-refractivity contribution is 0.416. The molecule has 0 radical (unpaired) electrons. The van der Waals surface area contributed by atoms with Crippen LogP contribution in [0.2, 0.25) is 0 Å². The summed E-state index contributed by atoms with van der Waals surface area (Å²) >= 11 is 0. The number of rotatable bonds is 6. The normalized spacial score (nSPS) is 10.9. The molecule has 0 amide bonds. The maximum Gasteiger partial charge on any atom is 0.141 e. The molecule has 0 saturated carbocycles. The molecule has 0 fully saturated rings. The lowest BCUT2D eigenvalue weighted by Crippen LogP contribution is -2.19. The van der Waals surface area contributed by atoms with Crippen LogP contribution < -0.4 is 10.1 Å². The van der Waals surface area contributed by atoms with Crippen molar-refractivity contribution in [2.24, 2.45) is 5.92 Å². The van der Waals surface area contributed by atoms with Crippen molar-refractivity contribution in [2.75, 3.05) is 13.7 Å².